The lowest BCUT2D eigenvalue weighted by molar-refractivity contribution is -0.141. The number of hydrogen-bond donors (Lipinski definition) is 0. The Bertz CT molecular complexity index is 1300. The number of hydrogen-bond acceptors (Lipinski definition) is 8. The molecule has 0 aromatic heterocycles. The zero-order valence-corrected chi connectivity index (χ0v) is 25.1. The summed E-state index contributed by atoms with van der Waals surface area (Å²) >= 11 is 0. The number of nitrogens with zero attached hydrogens (tertiary/aromatic N) is 2. The molecule has 4 aliphatic heterocycles. The first-order chi connectivity index (χ1) is 21.3. The second-order valence-corrected chi connectivity index (χ2v) is 11.4. The summed E-state index contributed by atoms with van der Waals surface area (Å²) in [6.07, 6.45) is 5.07. The van der Waals surface area contributed by atoms with Gasteiger partial charge < -0.3 is 28.7 Å². The van der Waals surface area contributed by atoms with Gasteiger partial charge in [-0.15, -0.1) is 0 Å². The Balaban J connectivity index is 0.000000175. The summed E-state index contributed by atoms with van der Waals surface area (Å²) < 4.78 is 21.4. The lowest BCUT2D eigenvalue weighted by atomic mass is 10.0. The largest absolute Gasteiger partial charge is 0.452 e. The molecule has 10 heteroatoms. The molecule has 0 aliphatic carbocycles. The van der Waals surface area contributed by atoms with Crippen LogP contribution in [0, 0.1) is 0 Å². The van der Waals surface area contributed by atoms with Crippen LogP contribution in [0.3, 0.4) is 0 Å². The van der Waals surface area contributed by atoms with Gasteiger partial charge in [0.2, 0.25) is 0 Å². The van der Waals surface area contributed by atoms with E-state index in [0.717, 1.165) is 48.0 Å². The van der Waals surface area contributed by atoms with Crippen molar-refractivity contribution in [2.45, 2.75) is 77.0 Å². The molecular weight excluding hydrogens is 564 g/mol. The van der Waals surface area contributed by atoms with Gasteiger partial charge in [0.25, 0.3) is 0 Å². The maximum atomic E-state index is 12.3. The normalized spacial score (nSPS) is 24.1. The first-order valence-electron chi connectivity index (χ1n) is 15.0. The monoisotopic (exact) mass is 602 g/mol. The van der Waals surface area contributed by atoms with Crippen molar-refractivity contribution in [1.82, 2.24) is 9.80 Å². The number of cyclic esters (lactones) is 2. The predicted molar refractivity (Wildman–Crippen MR) is 160 cm³/mol. The van der Waals surface area contributed by atoms with Crippen LogP contribution in [0.4, 0.5) is 9.59 Å². The van der Waals surface area contributed by atoms with Crippen LogP contribution in [0.5, 0.6) is 0 Å². The molecule has 2 fully saturated rings. The van der Waals surface area contributed by atoms with Crippen LogP contribution in [-0.2, 0) is 41.8 Å². The summed E-state index contributed by atoms with van der Waals surface area (Å²) in [5, 5.41) is 0. The molecule has 4 aliphatic rings. The highest BCUT2D eigenvalue weighted by atomic mass is 16.6. The van der Waals surface area contributed by atoms with Gasteiger partial charge in [0.15, 0.2) is 0 Å². The van der Waals surface area contributed by atoms with E-state index in [4.69, 9.17) is 18.9 Å². The minimum atomic E-state index is -0.345. The Kier molecular flexibility index (Phi) is 9.99. The lowest BCUT2D eigenvalue weighted by Crippen LogP contribution is -2.43. The molecule has 44 heavy (non-hydrogen) atoms. The Morgan fingerprint density at radius 3 is 1.41 bits per heavy atom. The van der Waals surface area contributed by atoms with Crippen LogP contribution in [0.25, 0.3) is 0 Å². The molecule has 2 amide bonds. The molecular formula is C34H38N2O8. The molecule has 4 atom stereocenters. The van der Waals surface area contributed by atoms with Crippen molar-refractivity contribution in [3.05, 3.63) is 95.1 Å². The molecule has 0 spiro atoms. The van der Waals surface area contributed by atoms with Gasteiger partial charge in [0.1, 0.15) is 25.4 Å². The standard InChI is InChI=1S/2C17H19NO4/c2*1-12-10-15(19)22-16(12)14-8-5-9-18(14)17(20)21-11-13-6-3-2-4-7-13/h2*2-4,6-7,10,14,16H,5,8-9,11H2,1H3/t2*14-,16-/m11/s1. The molecule has 4 heterocycles. The highest BCUT2D eigenvalue weighted by Crippen LogP contribution is 2.31. The first kappa shape index (κ1) is 30.8. The Morgan fingerprint density at radius 2 is 1.07 bits per heavy atom. The van der Waals surface area contributed by atoms with E-state index in [9.17, 15) is 19.2 Å². The summed E-state index contributed by atoms with van der Waals surface area (Å²) in [4.78, 5) is 50.8. The van der Waals surface area contributed by atoms with Gasteiger partial charge in [0.05, 0.1) is 12.1 Å². The molecule has 0 unspecified atom stereocenters. The van der Waals surface area contributed by atoms with Crippen molar-refractivity contribution in [2.75, 3.05) is 13.1 Å². The average Bonchev–Trinajstić information content (AvgIpc) is 3.83. The topological polar surface area (TPSA) is 112 Å². The Labute approximate surface area is 257 Å². The van der Waals surface area contributed by atoms with Crippen molar-refractivity contribution >= 4 is 24.1 Å². The maximum Gasteiger partial charge on any atom is 0.410 e. The minimum Gasteiger partial charge on any atom is -0.452 e. The number of rotatable bonds is 6. The first-order valence-corrected chi connectivity index (χ1v) is 15.0. The third-order valence-electron chi connectivity index (χ3n) is 8.25. The molecule has 10 nitrogen and oxygen atoms in total. The van der Waals surface area contributed by atoms with Crippen LogP contribution in [0.2, 0.25) is 0 Å². The van der Waals surface area contributed by atoms with Crippen molar-refractivity contribution < 1.29 is 38.1 Å². The fourth-order valence-corrected chi connectivity index (χ4v) is 6.08. The van der Waals surface area contributed by atoms with Crippen LogP contribution < -0.4 is 0 Å². The summed E-state index contributed by atoms with van der Waals surface area (Å²) in [7, 11) is 0. The van der Waals surface area contributed by atoms with Crippen molar-refractivity contribution in [2.24, 2.45) is 0 Å². The summed E-state index contributed by atoms with van der Waals surface area (Å²) in [5.41, 5.74) is 3.65. The Hall–Kier alpha value is -4.60. The molecule has 0 radical (unpaired) electrons. The van der Waals surface area contributed by atoms with E-state index in [-0.39, 0.29) is 61.6 Å². The van der Waals surface area contributed by atoms with Gasteiger partial charge in [0, 0.05) is 25.2 Å². The zero-order chi connectivity index (χ0) is 31.1. The second kappa shape index (κ2) is 14.2. The zero-order valence-electron chi connectivity index (χ0n) is 25.1. The van der Waals surface area contributed by atoms with Crippen molar-refractivity contribution in [1.29, 1.82) is 0 Å². The third kappa shape index (κ3) is 7.48. The minimum absolute atomic E-state index is 0.119. The number of esters is 2. The van der Waals surface area contributed by atoms with Crippen LogP contribution in [0.1, 0.15) is 50.7 Å². The Morgan fingerprint density at radius 1 is 0.682 bits per heavy atom. The van der Waals surface area contributed by atoms with Gasteiger partial charge in [-0.2, -0.15) is 0 Å². The van der Waals surface area contributed by atoms with E-state index in [0.29, 0.717) is 13.1 Å². The SMILES string of the molecule is CC1=CC(=O)O[C@H]1[C@H]1CCCN1C(=O)OCc1ccccc1.CC1=CC(=O)O[C@H]1[C@H]1CCCN1C(=O)OCc1ccccc1. The smallest absolute Gasteiger partial charge is 0.410 e. The number of amides is 2. The van der Waals surface area contributed by atoms with Gasteiger partial charge >= 0.3 is 24.1 Å². The summed E-state index contributed by atoms with van der Waals surface area (Å²) in [5.74, 6) is -0.654. The molecule has 0 saturated carbocycles. The molecule has 2 aromatic carbocycles. The van der Waals surface area contributed by atoms with E-state index in [1.54, 1.807) is 9.80 Å². The van der Waals surface area contributed by atoms with Crippen molar-refractivity contribution in [3.8, 4) is 0 Å². The van der Waals surface area contributed by atoms with Gasteiger partial charge in [-0.3, -0.25) is 0 Å². The molecule has 0 N–H and O–H groups in total. The number of benzene rings is 2. The number of carbonyl (C=O) groups excluding carboxylic acids is 4. The maximum absolute atomic E-state index is 12.3. The highest BCUT2D eigenvalue weighted by molar-refractivity contribution is 5.86. The van der Waals surface area contributed by atoms with Gasteiger partial charge in [-0.25, -0.2) is 19.2 Å². The third-order valence-corrected chi connectivity index (χ3v) is 8.25. The van der Waals surface area contributed by atoms with E-state index >= 15 is 0 Å². The van der Waals surface area contributed by atoms with E-state index in [2.05, 4.69) is 0 Å². The fraction of sp³-hybridized carbons (Fsp3) is 0.412. The fourth-order valence-electron chi connectivity index (χ4n) is 6.08. The number of likely N-dealkylation sites (tertiary alicyclic amines) is 2. The quantitative estimate of drug-likeness (QED) is 0.323. The average molecular weight is 603 g/mol. The van der Waals surface area contributed by atoms with E-state index in [1.807, 2.05) is 74.5 Å². The molecule has 0 bridgehead atoms. The second-order valence-electron chi connectivity index (χ2n) is 11.4. The molecule has 2 saturated heterocycles. The van der Waals surface area contributed by atoms with Gasteiger partial charge in [-0.1, -0.05) is 60.7 Å². The number of ether oxygens (including phenoxy) is 4. The summed E-state index contributed by atoms with van der Waals surface area (Å²) in [6.45, 7) is 5.51. The lowest BCUT2D eigenvalue weighted by Gasteiger charge is -2.28. The van der Waals surface area contributed by atoms with Crippen LogP contribution in [-0.4, -0.2) is 71.3 Å². The van der Waals surface area contributed by atoms with E-state index < -0.39 is 0 Å². The predicted octanol–water partition coefficient (Wildman–Crippen LogP) is 5.32. The van der Waals surface area contributed by atoms with E-state index in [1.165, 1.54) is 12.2 Å². The number of carbonyl (C=O) groups is 4. The molecule has 2 aromatic rings. The molecule has 6 rings (SSSR count). The van der Waals surface area contributed by atoms with Crippen molar-refractivity contribution in [3.63, 3.8) is 0 Å². The van der Waals surface area contributed by atoms with Gasteiger partial charge in [-0.05, 0) is 61.8 Å². The summed E-state index contributed by atoms with van der Waals surface area (Å²) in [6, 6.07) is 18.9. The van der Waals surface area contributed by atoms with Crippen LogP contribution in [0.15, 0.2) is 84.0 Å². The highest BCUT2D eigenvalue weighted by Gasteiger charge is 2.42. The van der Waals surface area contributed by atoms with Crippen LogP contribution >= 0.6 is 0 Å². The molecule has 232 valence electrons.